The smallest absolute Gasteiger partial charge is 0.251 e. The van der Waals surface area contributed by atoms with E-state index in [0.29, 0.717) is 18.7 Å². The molecule has 0 bridgehead atoms. The molecule has 1 amide bonds. The molecule has 3 rings (SSSR count). The van der Waals surface area contributed by atoms with E-state index in [1.807, 2.05) is 31.2 Å². The first-order chi connectivity index (χ1) is 13.4. The molecule has 0 aliphatic carbocycles. The van der Waals surface area contributed by atoms with Gasteiger partial charge in [0.2, 0.25) is 10.0 Å². The molecule has 0 saturated carbocycles. The summed E-state index contributed by atoms with van der Waals surface area (Å²) < 4.78 is 32.4. The van der Waals surface area contributed by atoms with E-state index in [-0.39, 0.29) is 16.8 Å². The Morgan fingerprint density at radius 2 is 1.79 bits per heavy atom. The number of sulfonamides is 1. The van der Waals surface area contributed by atoms with E-state index in [1.54, 1.807) is 23.5 Å². The molecule has 2 aromatic rings. The van der Waals surface area contributed by atoms with Crippen molar-refractivity contribution in [2.24, 2.45) is 0 Å². The van der Waals surface area contributed by atoms with Gasteiger partial charge in [-0.2, -0.15) is 4.31 Å². The maximum absolute atomic E-state index is 12.9. The second-order valence-corrected chi connectivity index (χ2v) is 8.91. The largest absolute Gasteiger partial charge is 0.497 e. The van der Waals surface area contributed by atoms with Crippen LogP contribution in [0.3, 0.4) is 0 Å². The zero-order valence-electron chi connectivity index (χ0n) is 16.2. The summed E-state index contributed by atoms with van der Waals surface area (Å²) in [5, 5.41) is 2.84. The minimum atomic E-state index is -3.53. The third kappa shape index (κ3) is 4.54. The monoisotopic (exact) mass is 402 g/mol. The Morgan fingerprint density at radius 3 is 2.39 bits per heavy atom. The van der Waals surface area contributed by atoms with Crippen molar-refractivity contribution >= 4 is 15.9 Å². The first-order valence-electron chi connectivity index (χ1n) is 9.45. The van der Waals surface area contributed by atoms with Gasteiger partial charge in [-0.3, -0.25) is 4.79 Å². The molecule has 0 radical (unpaired) electrons. The molecule has 6 nitrogen and oxygen atoms in total. The van der Waals surface area contributed by atoms with E-state index in [0.717, 1.165) is 30.6 Å². The van der Waals surface area contributed by atoms with Crippen LogP contribution in [0.25, 0.3) is 0 Å². The van der Waals surface area contributed by atoms with E-state index in [1.165, 1.54) is 12.1 Å². The van der Waals surface area contributed by atoms with Gasteiger partial charge in [0.1, 0.15) is 5.75 Å². The van der Waals surface area contributed by atoms with E-state index >= 15 is 0 Å². The van der Waals surface area contributed by atoms with Crippen molar-refractivity contribution in [3.05, 3.63) is 59.7 Å². The first-order valence-corrected chi connectivity index (χ1v) is 10.9. The van der Waals surface area contributed by atoms with Crippen LogP contribution in [0.1, 0.15) is 42.1 Å². The molecule has 1 heterocycles. The van der Waals surface area contributed by atoms with Gasteiger partial charge in [0.05, 0.1) is 12.0 Å². The highest BCUT2D eigenvalue weighted by Gasteiger charge is 2.30. The van der Waals surface area contributed by atoms with Crippen molar-refractivity contribution < 1.29 is 17.9 Å². The number of amides is 1. The molecule has 7 heteroatoms. The van der Waals surface area contributed by atoms with Crippen LogP contribution in [0.2, 0.25) is 0 Å². The van der Waals surface area contributed by atoms with Crippen molar-refractivity contribution in [3.8, 4) is 5.75 Å². The summed E-state index contributed by atoms with van der Waals surface area (Å²) in [6.45, 7) is 2.87. The number of carbonyl (C=O) groups is 1. The van der Waals surface area contributed by atoms with Gasteiger partial charge in [-0.15, -0.1) is 0 Å². The van der Waals surface area contributed by atoms with Gasteiger partial charge in [-0.1, -0.05) is 18.6 Å². The molecule has 2 aromatic carbocycles. The van der Waals surface area contributed by atoms with Crippen LogP contribution in [0, 0.1) is 0 Å². The molecule has 1 N–H and O–H groups in total. The van der Waals surface area contributed by atoms with Crippen molar-refractivity contribution in [2.75, 3.05) is 13.7 Å². The molecule has 1 saturated heterocycles. The normalized spacial score (nSPS) is 17.9. The average Bonchev–Trinajstić information content (AvgIpc) is 2.72. The summed E-state index contributed by atoms with van der Waals surface area (Å²) >= 11 is 0. The van der Waals surface area contributed by atoms with Crippen LogP contribution in [-0.4, -0.2) is 38.3 Å². The number of hydrogen-bond acceptors (Lipinski definition) is 4. The molecule has 1 atom stereocenters. The summed E-state index contributed by atoms with van der Waals surface area (Å²) in [6, 6.07) is 13.6. The zero-order valence-corrected chi connectivity index (χ0v) is 17.0. The summed E-state index contributed by atoms with van der Waals surface area (Å²) in [5.41, 5.74) is 1.38. The number of carbonyl (C=O) groups excluding carboxylic acids is 1. The maximum atomic E-state index is 12.9. The van der Waals surface area contributed by atoms with Gasteiger partial charge in [0, 0.05) is 24.7 Å². The van der Waals surface area contributed by atoms with Crippen molar-refractivity contribution in [2.45, 2.75) is 43.7 Å². The average molecular weight is 403 g/mol. The fraction of sp³-hybridized carbons (Fsp3) is 0.381. The van der Waals surface area contributed by atoms with Crippen LogP contribution < -0.4 is 10.1 Å². The second-order valence-electron chi connectivity index (χ2n) is 7.02. The summed E-state index contributed by atoms with van der Waals surface area (Å²) in [4.78, 5) is 12.6. The minimum absolute atomic E-state index is 0.00576. The van der Waals surface area contributed by atoms with Gasteiger partial charge >= 0.3 is 0 Å². The topological polar surface area (TPSA) is 75.7 Å². The van der Waals surface area contributed by atoms with E-state index in [9.17, 15) is 13.2 Å². The molecule has 0 aromatic heterocycles. The predicted molar refractivity (Wildman–Crippen MR) is 108 cm³/mol. The maximum Gasteiger partial charge on any atom is 0.251 e. The fourth-order valence-electron chi connectivity index (χ4n) is 3.37. The highest BCUT2D eigenvalue weighted by Crippen LogP contribution is 2.25. The Balaban J connectivity index is 1.65. The summed E-state index contributed by atoms with van der Waals surface area (Å²) in [6.07, 6.45) is 2.82. The van der Waals surface area contributed by atoms with Crippen LogP contribution in [0.4, 0.5) is 0 Å². The number of nitrogens with zero attached hydrogens (tertiary/aromatic N) is 1. The molecule has 1 fully saturated rings. The molecular weight excluding hydrogens is 376 g/mol. The number of piperidine rings is 1. The van der Waals surface area contributed by atoms with Gasteiger partial charge in [0.15, 0.2) is 0 Å². The van der Waals surface area contributed by atoms with Crippen LogP contribution in [0.15, 0.2) is 53.4 Å². The standard InChI is InChI=1S/C21H26N2O4S/c1-16-5-3-4-14-23(16)28(25,26)20-12-8-18(9-13-20)21(24)22-15-17-6-10-19(27-2)11-7-17/h6-13,16H,3-5,14-15H2,1-2H3,(H,22,24). The number of methoxy groups -OCH3 is 1. The number of hydrogen-bond donors (Lipinski definition) is 1. The second kappa shape index (κ2) is 8.75. The van der Waals surface area contributed by atoms with E-state index in [2.05, 4.69) is 5.32 Å². The lowest BCUT2D eigenvalue weighted by Crippen LogP contribution is -2.41. The van der Waals surface area contributed by atoms with Crippen molar-refractivity contribution in [1.29, 1.82) is 0 Å². The summed E-state index contributed by atoms with van der Waals surface area (Å²) in [7, 11) is -1.92. The third-order valence-electron chi connectivity index (χ3n) is 5.08. The van der Waals surface area contributed by atoms with Crippen LogP contribution in [-0.2, 0) is 16.6 Å². The Hall–Kier alpha value is -2.38. The lowest BCUT2D eigenvalue weighted by molar-refractivity contribution is 0.0951. The van der Waals surface area contributed by atoms with Gasteiger partial charge in [0.25, 0.3) is 5.91 Å². The fourth-order valence-corrected chi connectivity index (χ4v) is 5.07. The SMILES string of the molecule is COc1ccc(CNC(=O)c2ccc(S(=O)(=O)N3CCCCC3C)cc2)cc1. The lowest BCUT2D eigenvalue weighted by Gasteiger charge is -2.32. The number of ether oxygens (including phenoxy) is 1. The number of rotatable bonds is 6. The van der Waals surface area contributed by atoms with Crippen molar-refractivity contribution in [3.63, 3.8) is 0 Å². The first kappa shape index (κ1) is 20.4. The minimum Gasteiger partial charge on any atom is -0.497 e. The van der Waals surface area contributed by atoms with Gasteiger partial charge in [-0.25, -0.2) is 8.42 Å². The van der Waals surface area contributed by atoms with Gasteiger partial charge in [-0.05, 0) is 61.7 Å². The number of nitrogens with one attached hydrogen (secondary N) is 1. The van der Waals surface area contributed by atoms with Crippen LogP contribution >= 0.6 is 0 Å². The molecule has 28 heavy (non-hydrogen) atoms. The molecule has 150 valence electrons. The highest BCUT2D eigenvalue weighted by molar-refractivity contribution is 7.89. The quantitative estimate of drug-likeness (QED) is 0.805. The molecule has 1 aliphatic rings. The molecule has 1 unspecified atom stereocenters. The third-order valence-corrected chi connectivity index (χ3v) is 7.11. The van der Waals surface area contributed by atoms with Crippen LogP contribution in [0.5, 0.6) is 5.75 Å². The van der Waals surface area contributed by atoms with E-state index in [4.69, 9.17) is 4.74 Å². The Morgan fingerprint density at radius 1 is 1.11 bits per heavy atom. The summed E-state index contributed by atoms with van der Waals surface area (Å²) in [5.74, 6) is 0.515. The molecular formula is C21H26N2O4S. The Bertz CT molecular complexity index is 908. The highest BCUT2D eigenvalue weighted by atomic mass is 32.2. The zero-order chi connectivity index (χ0) is 20.1. The number of benzene rings is 2. The lowest BCUT2D eigenvalue weighted by atomic mass is 10.1. The van der Waals surface area contributed by atoms with Gasteiger partial charge < -0.3 is 10.1 Å². The van der Waals surface area contributed by atoms with E-state index < -0.39 is 10.0 Å². The molecule has 1 aliphatic heterocycles. The Labute approximate surface area is 166 Å². The Kier molecular flexibility index (Phi) is 6.36. The molecule has 0 spiro atoms. The predicted octanol–water partition coefficient (Wildman–Crippen LogP) is 3.19. The van der Waals surface area contributed by atoms with Crippen molar-refractivity contribution in [1.82, 2.24) is 9.62 Å².